The van der Waals surface area contributed by atoms with E-state index in [2.05, 4.69) is 39.7 Å². The zero-order valence-corrected chi connectivity index (χ0v) is 10.3. The van der Waals surface area contributed by atoms with E-state index in [0.717, 1.165) is 25.4 Å². The molecule has 0 bridgehead atoms. The summed E-state index contributed by atoms with van der Waals surface area (Å²) >= 11 is 0. The van der Waals surface area contributed by atoms with Crippen LogP contribution in [0.15, 0.2) is 35.1 Å². The summed E-state index contributed by atoms with van der Waals surface area (Å²) < 4.78 is 4.93. The maximum absolute atomic E-state index is 4.93. The first kappa shape index (κ1) is 11.4. The molecule has 1 aromatic heterocycles. The Hall–Kier alpha value is -1.68. The summed E-state index contributed by atoms with van der Waals surface area (Å²) in [5.74, 6) is 1.52. The number of aromatic nitrogens is 2. The lowest BCUT2D eigenvalue weighted by atomic mass is 10.1. The van der Waals surface area contributed by atoms with Crippen LogP contribution in [0.2, 0.25) is 0 Å². The molecule has 2 aromatic rings. The zero-order valence-electron chi connectivity index (χ0n) is 10.3. The van der Waals surface area contributed by atoms with Crippen molar-refractivity contribution in [3.8, 4) is 0 Å². The third-order valence-corrected chi connectivity index (χ3v) is 3.28. The van der Waals surface area contributed by atoms with E-state index in [-0.39, 0.29) is 0 Å². The Morgan fingerprint density at radius 3 is 2.72 bits per heavy atom. The van der Waals surface area contributed by atoms with Crippen LogP contribution in [0.1, 0.15) is 35.8 Å². The van der Waals surface area contributed by atoms with Crippen LogP contribution in [0.4, 0.5) is 0 Å². The van der Waals surface area contributed by atoms with Gasteiger partial charge in [-0.25, -0.2) is 0 Å². The predicted molar refractivity (Wildman–Crippen MR) is 68.1 cm³/mol. The van der Waals surface area contributed by atoms with Gasteiger partial charge >= 0.3 is 0 Å². The van der Waals surface area contributed by atoms with E-state index in [1.165, 1.54) is 30.3 Å². The van der Waals surface area contributed by atoms with Crippen LogP contribution < -0.4 is 5.32 Å². The summed E-state index contributed by atoms with van der Waals surface area (Å²) in [5, 5.41) is 6.95. The van der Waals surface area contributed by atoms with E-state index in [1.807, 2.05) is 0 Å². The minimum atomic E-state index is 0.687. The minimum Gasteiger partial charge on any atom is -0.340 e. The summed E-state index contributed by atoms with van der Waals surface area (Å²) in [7, 11) is 0. The van der Waals surface area contributed by atoms with Crippen LogP contribution in [0.25, 0.3) is 0 Å². The maximum atomic E-state index is 4.93. The summed E-state index contributed by atoms with van der Waals surface area (Å²) in [5.41, 5.74) is 2.81. The second-order valence-electron chi connectivity index (χ2n) is 4.78. The van der Waals surface area contributed by atoms with Crippen molar-refractivity contribution in [2.24, 2.45) is 0 Å². The van der Waals surface area contributed by atoms with Gasteiger partial charge in [-0.15, -0.1) is 0 Å². The highest BCUT2D eigenvalue weighted by Gasteiger charge is 2.22. The van der Waals surface area contributed by atoms with Crippen molar-refractivity contribution in [1.29, 1.82) is 0 Å². The van der Waals surface area contributed by atoms with E-state index < -0.39 is 0 Å². The molecule has 3 rings (SSSR count). The first-order valence-corrected chi connectivity index (χ1v) is 6.47. The topological polar surface area (TPSA) is 51.0 Å². The van der Waals surface area contributed by atoms with Gasteiger partial charge in [0.15, 0.2) is 6.33 Å². The molecule has 94 valence electrons. The second kappa shape index (κ2) is 5.31. The molecule has 1 aromatic carbocycles. The fraction of sp³-hybridized carbons (Fsp3) is 0.429. The van der Waals surface area contributed by atoms with Gasteiger partial charge in [0.1, 0.15) is 0 Å². The van der Waals surface area contributed by atoms with Gasteiger partial charge in [-0.1, -0.05) is 29.4 Å². The average molecular weight is 243 g/mol. The van der Waals surface area contributed by atoms with Gasteiger partial charge in [-0.2, -0.15) is 4.98 Å². The van der Waals surface area contributed by atoms with E-state index >= 15 is 0 Å². The molecule has 1 fully saturated rings. The van der Waals surface area contributed by atoms with Gasteiger partial charge in [0.25, 0.3) is 0 Å². The summed E-state index contributed by atoms with van der Waals surface area (Å²) in [6, 6.07) is 8.94. The molecule has 0 atom stereocenters. The molecule has 0 spiro atoms. The number of hydrogen-bond acceptors (Lipinski definition) is 4. The SMILES string of the molecule is c1noc(CCNCc2ccc(C3CC3)cc2)n1. The Morgan fingerprint density at radius 2 is 2.06 bits per heavy atom. The molecule has 4 heteroatoms. The highest BCUT2D eigenvalue weighted by molar-refractivity contribution is 5.27. The molecule has 0 aliphatic heterocycles. The van der Waals surface area contributed by atoms with Gasteiger partial charge in [0.05, 0.1) is 0 Å². The lowest BCUT2D eigenvalue weighted by molar-refractivity contribution is 0.375. The van der Waals surface area contributed by atoms with E-state index in [9.17, 15) is 0 Å². The predicted octanol–water partition coefficient (Wildman–Crippen LogP) is 2.28. The molecule has 18 heavy (non-hydrogen) atoms. The number of hydrogen-bond donors (Lipinski definition) is 1. The number of rotatable bonds is 6. The van der Waals surface area contributed by atoms with E-state index in [4.69, 9.17) is 4.52 Å². The van der Waals surface area contributed by atoms with Crippen LogP contribution in [-0.2, 0) is 13.0 Å². The number of benzene rings is 1. The molecule has 1 aliphatic rings. The molecule has 0 saturated heterocycles. The summed E-state index contributed by atoms with van der Waals surface area (Å²) in [6.45, 7) is 1.74. The lowest BCUT2D eigenvalue weighted by Gasteiger charge is -2.04. The maximum Gasteiger partial charge on any atom is 0.227 e. The Kier molecular flexibility index (Phi) is 3.37. The normalized spacial score (nSPS) is 14.9. The van der Waals surface area contributed by atoms with Crippen LogP contribution in [0, 0.1) is 0 Å². The Morgan fingerprint density at radius 1 is 1.22 bits per heavy atom. The first-order chi connectivity index (χ1) is 8.92. The molecule has 0 unspecified atom stereocenters. The van der Waals surface area contributed by atoms with E-state index in [0.29, 0.717) is 5.89 Å². The molecule has 0 amide bonds. The van der Waals surface area contributed by atoms with Gasteiger partial charge in [-0.05, 0) is 29.9 Å². The van der Waals surface area contributed by atoms with Gasteiger partial charge in [0, 0.05) is 19.5 Å². The third kappa shape index (κ3) is 2.96. The van der Waals surface area contributed by atoms with Crippen molar-refractivity contribution in [2.75, 3.05) is 6.54 Å². The number of nitrogens with zero attached hydrogens (tertiary/aromatic N) is 2. The highest BCUT2D eigenvalue weighted by atomic mass is 16.5. The minimum absolute atomic E-state index is 0.687. The van der Waals surface area contributed by atoms with Crippen LogP contribution in [0.5, 0.6) is 0 Å². The quantitative estimate of drug-likeness (QED) is 0.791. The Balaban J connectivity index is 1.42. The van der Waals surface area contributed by atoms with Gasteiger partial charge < -0.3 is 9.84 Å². The van der Waals surface area contributed by atoms with Crippen molar-refractivity contribution in [3.05, 3.63) is 47.6 Å². The lowest BCUT2D eigenvalue weighted by Crippen LogP contribution is -2.16. The molecular weight excluding hydrogens is 226 g/mol. The van der Waals surface area contributed by atoms with Crippen molar-refractivity contribution in [3.63, 3.8) is 0 Å². The average Bonchev–Trinajstić information content (AvgIpc) is 3.13. The highest BCUT2D eigenvalue weighted by Crippen LogP contribution is 2.39. The Labute approximate surface area is 106 Å². The molecule has 1 saturated carbocycles. The first-order valence-electron chi connectivity index (χ1n) is 6.47. The standard InChI is InChI=1S/C14H17N3O/c1-3-12(13-5-6-13)4-2-11(1)9-15-8-7-14-16-10-17-18-14/h1-4,10,13,15H,5-9H2. The monoisotopic (exact) mass is 243 g/mol. The molecule has 4 nitrogen and oxygen atoms in total. The van der Waals surface area contributed by atoms with E-state index in [1.54, 1.807) is 0 Å². The van der Waals surface area contributed by atoms with Crippen LogP contribution >= 0.6 is 0 Å². The summed E-state index contributed by atoms with van der Waals surface area (Å²) in [6.07, 6.45) is 4.94. The van der Waals surface area contributed by atoms with Crippen molar-refractivity contribution < 1.29 is 4.52 Å². The smallest absolute Gasteiger partial charge is 0.227 e. The van der Waals surface area contributed by atoms with Crippen LogP contribution in [0.3, 0.4) is 0 Å². The Bertz CT molecular complexity index is 474. The molecular formula is C14H17N3O. The molecule has 1 heterocycles. The van der Waals surface area contributed by atoms with Gasteiger partial charge in [-0.3, -0.25) is 0 Å². The van der Waals surface area contributed by atoms with Crippen LogP contribution in [-0.4, -0.2) is 16.7 Å². The largest absolute Gasteiger partial charge is 0.340 e. The fourth-order valence-electron chi connectivity index (χ4n) is 2.06. The molecule has 0 radical (unpaired) electrons. The summed E-state index contributed by atoms with van der Waals surface area (Å²) in [4.78, 5) is 3.98. The van der Waals surface area contributed by atoms with Crippen molar-refractivity contribution >= 4 is 0 Å². The number of nitrogens with one attached hydrogen (secondary N) is 1. The third-order valence-electron chi connectivity index (χ3n) is 3.28. The van der Waals surface area contributed by atoms with Crippen molar-refractivity contribution in [2.45, 2.75) is 31.7 Å². The molecule has 1 aliphatic carbocycles. The molecule has 1 N–H and O–H groups in total. The van der Waals surface area contributed by atoms with Crippen molar-refractivity contribution in [1.82, 2.24) is 15.5 Å². The second-order valence-corrected chi connectivity index (χ2v) is 4.78. The fourth-order valence-corrected chi connectivity index (χ4v) is 2.06. The van der Waals surface area contributed by atoms with Gasteiger partial charge in [0.2, 0.25) is 5.89 Å². The zero-order chi connectivity index (χ0) is 12.2.